The van der Waals surface area contributed by atoms with Crippen LogP contribution in [-0.2, 0) is 19.2 Å². The lowest BCUT2D eigenvalue weighted by Gasteiger charge is -2.18. The Hall–Kier alpha value is -1.31. The molecule has 122 valence electrons. The number of nitrogens with one attached hydrogen (secondary N) is 2. The molecule has 4 N–H and O–H groups in total. The van der Waals surface area contributed by atoms with Gasteiger partial charge in [-0.05, 0) is 25.3 Å². The maximum atomic E-state index is 11.8. The van der Waals surface area contributed by atoms with Crippen molar-refractivity contribution in [3.63, 3.8) is 0 Å². The third-order valence-corrected chi connectivity index (χ3v) is 3.01. The zero-order valence-corrected chi connectivity index (χ0v) is 13.3. The first kappa shape index (κ1) is 19.7. The van der Waals surface area contributed by atoms with E-state index in [1.54, 1.807) is 7.05 Å². The molecule has 0 rings (SSSR count). The van der Waals surface area contributed by atoms with Gasteiger partial charge < -0.3 is 5.32 Å². The zero-order chi connectivity index (χ0) is 16.5. The quantitative estimate of drug-likeness (QED) is 0.528. The van der Waals surface area contributed by atoms with Gasteiger partial charge in [0.2, 0.25) is 5.91 Å². The normalized spacial score (nSPS) is 12.8. The standard InChI is InChI=1S/C14H27N3O4/c1-14(2,3)8-7-10(18)5-6-11(16-4)13(20)17-12(19)9-21-15/h11,16H,5-9,15H2,1-4H3,(H,17,19,20). The van der Waals surface area contributed by atoms with Crippen LogP contribution in [0.3, 0.4) is 0 Å². The minimum absolute atomic E-state index is 0.115. The van der Waals surface area contributed by atoms with Gasteiger partial charge in [0.15, 0.2) is 0 Å². The molecule has 0 aliphatic rings. The first-order valence-electron chi connectivity index (χ1n) is 7.04. The molecule has 0 heterocycles. The fourth-order valence-corrected chi connectivity index (χ4v) is 1.69. The molecule has 7 heteroatoms. The Morgan fingerprint density at radius 3 is 2.29 bits per heavy atom. The largest absolute Gasteiger partial charge is 0.309 e. The monoisotopic (exact) mass is 301 g/mol. The summed E-state index contributed by atoms with van der Waals surface area (Å²) in [5.41, 5.74) is 0.115. The minimum atomic E-state index is -0.609. The smallest absolute Gasteiger partial charge is 0.254 e. The van der Waals surface area contributed by atoms with Crippen LogP contribution in [0.4, 0.5) is 0 Å². The lowest BCUT2D eigenvalue weighted by molar-refractivity contribution is -0.134. The molecular weight excluding hydrogens is 274 g/mol. The number of hydrogen-bond donors (Lipinski definition) is 3. The highest BCUT2D eigenvalue weighted by molar-refractivity contribution is 5.98. The molecule has 1 atom stereocenters. The maximum Gasteiger partial charge on any atom is 0.254 e. The van der Waals surface area contributed by atoms with Crippen LogP contribution in [0.2, 0.25) is 0 Å². The molecule has 0 aliphatic heterocycles. The van der Waals surface area contributed by atoms with E-state index in [-0.39, 0.29) is 17.8 Å². The molecule has 0 saturated heterocycles. The van der Waals surface area contributed by atoms with Gasteiger partial charge in [0, 0.05) is 12.8 Å². The summed E-state index contributed by atoms with van der Waals surface area (Å²) in [5.74, 6) is 3.78. The molecule has 0 aromatic carbocycles. The summed E-state index contributed by atoms with van der Waals surface area (Å²) in [6, 6.07) is -0.592. The van der Waals surface area contributed by atoms with E-state index in [4.69, 9.17) is 5.90 Å². The molecule has 0 aliphatic carbocycles. The van der Waals surface area contributed by atoms with Crippen molar-refractivity contribution >= 4 is 17.6 Å². The molecule has 0 spiro atoms. The average Bonchev–Trinajstić information content (AvgIpc) is 2.36. The van der Waals surface area contributed by atoms with Gasteiger partial charge in [0.1, 0.15) is 12.4 Å². The number of amides is 2. The number of rotatable bonds is 9. The van der Waals surface area contributed by atoms with Crippen LogP contribution in [0.15, 0.2) is 0 Å². The summed E-state index contributed by atoms with van der Waals surface area (Å²) in [5, 5.41) is 4.94. The molecule has 0 aromatic rings. The Balaban J connectivity index is 4.17. The maximum absolute atomic E-state index is 11.8. The summed E-state index contributed by atoms with van der Waals surface area (Å²) in [6.45, 7) is 5.85. The topological polar surface area (TPSA) is 111 Å². The third kappa shape index (κ3) is 10.1. The molecule has 1 unspecified atom stereocenters. The van der Waals surface area contributed by atoms with Crippen LogP contribution in [0, 0.1) is 5.41 Å². The van der Waals surface area contributed by atoms with Gasteiger partial charge >= 0.3 is 0 Å². The third-order valence-electron chi connectivity index (χ3n) is 3.01. The molecule has 2 amide bonds. The van der Waals surface area contributed by atoms with Crippen molar-refractivity contribution in [2.24, 2.45) is 11.3 Å². The first-order valence-corrected chi connectivity index (χ1v) is 7.04. The van der Waals surface area contributed by atoms with Gasteiger partial charge in [-0.1, -0.05) is 20.8 Å². The van der Waals surface area contributed by atoms with E-state index >= 15 is 0 Å². The molecular formula is C14H27N3O4. The number of Topliss-reactive ketones (excluding diaryl/α,β-unsaturated/α-hetero) is 1. The molecule has 0 saturated carbocycles. The second-order valence-electron chi connectivity index (χ2n) is 6.20. The van der Waals surface area contributed by atoms with E-state index < -0.39 is 17.9 Å². The number of carbonyl (C=O) groups is 3. The first-order chi connectivity index (χ1) is 9.69. The summed E-state index contributed by atoms with van der Waals surface area (Å²) in [6.07, 6.45) is 1.97. The second kappa shape index (κ2) is 9.59. The van der Waals surface area contributed by atoms with Gasteiger partial charge in [-0.2, -0.15) is 0 Å². The van der Waals surface area contributed by atoms with Gasteiger partial charge in [-0.3, -0.25) is 24.5 Å². The van der Waals surface area contributed by atoms with Crippen molar-refractivity contribution < 1.29 is 19.2 Å². The highest BCUT2D eigenvalue weighted by atomic mass is 16.6. The van der Waals surface area contributed by atoms with Gasteiger partial charge in [0.25, 0.3) is 5.91 Å². The molecule has 7 nitrogen and oxygen atoms in total. The van der Waals surface area contributed by atoms with Crippen molar-refractivity contribution in [2.75, 3.05) is 13.7 Å². The Morgan fingerprint density at radius 1 is 1.19 bits per heavy atom. The van der Waals surface area contributed by atoms with Crippen molar-refractivity contribution in [1.82, 2.24) is 10.6 Å². The van der Waals surface area contributed by atoms with E-state index in [9.17, 15) is 14.4 Å². The van der Waals surface area contributed by atoms with Gasteiger partial charge in [-0.15, -0.1) is 0 Å². The Bertz CT molecular complexity index is 364. The van der Waals surface area contributed by atoms with Crippen LogP contribution >= 0.6 is 0 Å². The average molecular weight is 301 g/mol. The second-order valence-corrected chi connectivity index (χ2v) is 6.20. The summed E-state index contributed by atoms with van der Waals surface area (Å²) < 4.78 is 0. The SMILES string of the molecule is CNC(CCC(=O)CCC(C)(C)C)C(=O)NC(=O)CON. The molecule has 0 radical (unpaired) electrons. The Morgan fingerprint density at radius 2 is 1.81 bits per heavy atom. The number of ketones is 1. The zero-order valence-electron chi connectivity index (χ0n) is 13.3. The van der Waals surface area contributed by atoms with E-state index in [1.807, 2.05) is 0 Å². The van der Waals surface area contributed by atoms with Crippen molar-refractivity contribution in [2.45, 2.75) is 52.5 Å². The van der Waals surface area contributed by atoms with E-state index in [0.29, 0.717) is 19.3 Å². The molecule has 0 fully saturated rings. The predicted molar refractivity (Wildman–Crippen MR) is 79.1 cm³/mol. The minimum Gasteiger partial charge on any atom is -0.309 e. The molecule has 0 bridgehead atoms. The number of carbonyl (C=O) groups excluding carboxylic acids is 3. The highest BCUT2D eigenvalue weighted by Crippen LogP contribution is 2.21. The van der Waals surface area contributed by atoms with Gasteiger partial charge in [-0.25, -0.2) is 5.90 Å². The molecule has 0 aromatic heterocycles. The van der Waals surface area contributed by atoms with Crippen molar-refractivity contribution in [1.29, 1.82) is 0 Å². The summed E-state index contributed by atoms with van der Waals surface area (Å²) >= 11 is 0. The van der Waals surface area contributed by atoms with E-state index in [0.717, 1.165) is 6.42 Å². The van der Waals surface area contributed by atoms with Gasteiger partial charge in [0.05, 0.1) is 6.04 Å². The summed E-state index contributed by atoms with van der Waals surface area (Å²) in [7, 11) is 1.60. The van der Waals surface area contributed by atoms with Crippen molar-refractivity contribution in [3.8, 4) is 0 Å². The Labute approximate surface area is 125 Å². The number of nitrogens with two attached hydrogens (primary N) is 1. The summed E-state index contributed by atoms with van der Waals surface area (Å²) in [4.78, 5) is 38.9. The number of likely N-dealkylation sites (N-methyl/N-ethyl adjacent to an activating group) is 1. The highest BCUT2D eigenvalue weighted by Gasteiger charge is 2.20. The van der Waals surface area contributed by atoms with Crippen LogP contribution < -0.4 is 16.5 Å². The van der Waals surface area contributed by atoms with Crippen LogP contribution in [0.5, 0.6) is 0 Å². The van der Waals surface area contributed by atoms with Crippen molar-refractivity contribution in [3.05, 3.63) is 0 Å². The van der Waals surface area contributed by atoms with Crippen LogP contribution in [0.1, 0.15) is 46.5 Å². The lowest BCUT2D eigenvalue weighted by atomic mass is 9.89. The van der Waals surface area contributed by atoms with Crippen LogP contribution in [0.25, 0.3) is 0 Å². The Kier molecular flexibility index (Phi) is 9.00. The fourth-order valence-electron chi connectivity index (χ4n) is 1.69. The lowest BCUT2D eigenvalue weighted by Crippen LogP contribution is -2.46. The number of hydrogen-bond acceptors (Lipinski definition) is 6. The molecule has 21 heavy (non-hydrogen) atoms. The van der Waals surface area contributed by atoms with Crippen LogP contribution in [-0.4, -0.2) is 37.3 Å². The predicted octanol–water partition coefficient (Wildman–Crippen LogP) is 0.283. The van der Waals surface area contributed by atoms with E-state index in [2.05, 4.69) is 36.2 Å². The number of imide groups is 1. The fraction of sp³-hybridized carbons (Fsp3) is 0.786. The van der Waals surface area contributed by atoms with E-state index in [1.165, 1.54) is 0 Å².